The SMILES string of the molecule is COCCc1cccc(C(N)=O)c1CCOC. The van der Waals surface area contributed by atoms with E-state index in [0.29, 0.717) is 25.2 Å². The van der Waals surface area contributed by atoms with E-state index in [1.807, 2.05) is 12.1 Å². The monoisotopic (exact) mass is 237 g/mol. The zero-order chi connectivity index (χ0) is 12.7. The fourth-order valence-electron chi connectivity index (χ4n) is 1.81. The number of rotatable bonds is 7. The topological polar surface area (TPSA) is 61.5 Å². The molecule has 1 rings (SSSR count). The molecule has 0 fully saturated rings. The first-order valence-corrected chi connectivity index (χ1v) is 5.59. The second-order valence-corrected chi connectivity index (χ2v) is 3.79. The first kappa shape index (κ1) is 13.7. The molecule has 0 bridgehead atoms. The highest BCUT2D eigenvalue weighted by Crippen LogP contribution is 2.16. The van der Waals surface area contributed by atoms with E-state index in [0.717, 1.165) is 17.5 Å². The van der Waals surface area contributed by atoms with E-state index in [2.05, 4.69) is 0 Å². The average Bonchev–Trinajstić information content (AvgIpc) is 2.33. The second-order valence-electron chi connectivity index (χ2n) is 3.79. The van der Waals surface area contributed by atoms with Crippen LogP contribution in [0.5, 0.6) is 0 Å². The van der Waals surface area contributed by atoms with Crippen molar-refractivity contribution in [3.05, 3.63) is 34.9 Å². The lowest BCUT2D eigenvalue weighted by Crippen LogP contribution is -2.16. The van der Waals surface area contributed by atoms with Crippen LogP contribution in [0.1, 0.15) is 21.5 Å². The van der Waals surface area contributed by atoms with Gasteiger partial charge >= 0.3 is 0 Å². The van der Waals surface area contributed by atoms with Gasteiger partial charge in [-0.15, -0.1) is 0 Å². The van der Waals surface area contributed by atoms with Crippen molar-refractivity contribution < 1.29 is 14.3 Å². The number of hydrogen-bond donors (Lipinski definition) is 1. The van der Waals surface area contributed by atoms with Crippen LogP contribution >= 0.6 is 0 Å². The minimum atomic E-state index is -0.393. The summed E-state index contributed by atoms with van der Waals surface area (Å²) in [6, 6.07) is 5.60. The molecule has 94 valence electrons. The van der Waals surface area contributed by atoms with Crippen molar-refractivity contribution in [1.82, 2.24) is 0 Å². The van der Waals surface area contributed by atoms with Crippen LogP contribution in [0.15, 0.2) is 18.2 Å². The second kappa shape index (κ2) is 7.04. The molecule has 0 unspecified atom stereocenters. The first-order chi connectivity index (χ1) is 8.20. The maximum Gasteiger partial charge on any atom is 0.248 e. The highest BCUT2D eigenvalue weighted by atomic mass is 16.5. The van der Waals surface area contributed by atoms with Gasteiger partial charge in [-0.2, -0.15) is 0 Å². The molecule has 4 nitrogen and oxygen atoms in total. The molecular formula is C13H19NO3. The van der Waals surface area contributed by atoms with Crippen LogP contribution in [0, 0.1) is 0 Å². The molecule has 0 aliphatic heterocycles. The van der Waals surface area contributed by atoms with Crippen LogP contribution in [-0.4, -0.2) is 33.3 Å². The van der Waals surface area contributed by atoms with Crippen molar-refractivity contribution in [1.29, 1.82) is 0 Å². The standard InChI is InChI=1S/C13H19NO3/c1-16-8-6-10-4-3-5-12(13(14)15)11(10)7-9-17-2/h3-5H,6-9H2,1-2H3,(H2,14,15). The Balaban J connectivity index is 3.00. The fraction of sp³-hybridized carbons (Fsp3) is 0.462. The fourth-order valence-corrected chi connectivity index (χ4v) is 1.81. The molecule has 0 saturated carbocycles. The Labute approximate surface area is 102 Å². The number of hydrogen-bond acceptors (Lipinski definition) is 3. The van der Waals surface area contributed by atoms with Gasteiger partial charge in [0.05, 0.1) is 13.2 Å². The lowest BCUT2D eigenvalue weighted by Gasteiger charge is -2.12. The molecule has 1 amide bonds. The van der Waals surface area contributed by atoms with Crippen molar-refractivity contribution >= 4 is 5.91 Å². The molecule has 0 radical (unpaired) electrons. The summed E-state index contributed by atoms with van der Waals surface area (Å²) in [7, 11) is 3.30. The Morgan fingerprint density at radius 1 is 1.18 bits per heavy atom. The highest BCUT2D eigenvalue weighted by molar-refractivity contribution is 5.94. The molecule has 0 saturated heterocycles. The molecule has 1 aromatic carbocycles. The number of nitrogens with two attached hydrogens (primary N) is 1. The number of carbonyl (C=O) groups is 1. The number of benzene rings is 1. The van der Waals surface area contributed by atoms with E-state index in [4.69, 9.17) is 15.2 Å². The molecule has 17 heavy (non-hydrogen) atoms. The number of amides is 1. The van der Waals surface area contributed by atoms with Gasteiger partial charge in [0.2, 0.25) is 5.91 Å². The molecule has 1 aromatic rings. The Hall–Kier alpha value is -1.39. The summed E-state index contributed by atoms with van der Waals surface area (Å²) in [5.41, 5.74) is 8.02. The largest absolute Gasteiger partial charge is 0.384 e. The van der Waals surface area contributed by atoms with Crippen molar-refractivity contribution in [2.75, 3.05) is 27.4 Å². The molecule has 0 aliphatic carbocycles. The third kappa shape index (κ3) is 3.84. The van der Waals surface area contributed by atoms with Gasteiger partial charge in [-0.1, -0.05) is 12.1 Å². The molecular weight excluding hydrogens is 218 g/mol. The number of carbonyl (C=O) groups excluding carboxylic acids is 1. The lowest BCUT2D eigenvalue weighted by molar-refractivity contribution is 0.0998. The predicted octanol–water partition coefficient (Wildman–Crippen LogP) is 1.16. The molecule has 0 atom stereocenters. The van der Waals surface area contributed by atoms with E-state index >= 15 is 0 Å². The Kier molecular flexibility index (Phi) is 5.66. The highest BCUT2D eigenvalue weighted by Gasteiger charge is 2.11. The summed E-state index contributed by atoms with van der Waals surface area (Å²) in [4.78, 5) is 11.4. The number of primary amides is 1. The van der Waals surface area contributed by atoms with Crippen LogP contribution in [0.25, 0.3) is 0 Å². The van der Waals surface area contributed by atoms with Crippen LogP contribution in [-0.2, 0) is 22.3 Å². The summed E-state index contributed by atoms with van der Waals surface area (Å²) in [6.07, 6.45) is 1.46. The molecule has 0 aliphatic rings. The van der Waals surface area contributed by atoms with Gasteiger partial charge in [-0.3, -0.25) is 4.79 Å². The summed E-state index contributed by atoms with van der Waals surface area (Å²) >= 11 is 0. The van der Waals surface area contributed by atoms with Crippen molar-refractivity contribution in [2.24, 2.45) is 5.73 Å². The van der Waals surface area contributed by atoms with E-state index in [9.17, 15) is 4.79 Å². The maximum absolute atomic E-state index is 11.4. The zero-order valence-electron chi connectivity index (χ0n) is 10.4. The van der Waals surface area contributed by atoms with Gasteiger partial charge in [-0.05, 0) is 30.0 Å². The predicted molar refractivity (Wildman–Crippen MR) is 66.1 cm³/mol. The van der Waals surface area contributed by atoms with E-state index in [-0.39, 0.29) is 0 Å². The molecule has 0 spiro atoms. The third-order valence-corrected chi connectivity index (χ3v) is 2.67. The van der Waals surface area contributed by atoms with E-state index in [1.54, 1.807) is 20.3 Å². The Bertz CT molecular complexity index is 377. The normalized spacial score (nSPS) is 10.5. The Morgan fingerprint density at radius 3 is 2.41 bits per heavy atom. The molecule has 0 aromatic heterocycles. The van der Waals surface area contributed by atoms with Gasteiger partial charge < -0.3 is 15.2 Å². The van der Waals surface area contributed by atoms with Gasteiger partial charge in [0.1, 0.15) is 0 Å². The van der Waals surface area contributed by atoms with E-state index < -0.39 is 5.91 Å². The van der Waals surface area contributed by atoms with Gasteiger partial charge in [0.25, 0.3) is 0 Å². The molecule has 4 heteroatoms. The quantitative estimate of drug-likeness (QED) is 0.774. The van der Waals surface area contributed by atoms with Crippen LogP contribution in [0.2, 0.25) is 0 Å². The lowest BCUT2D eigenvalue weighted by atomic mass is 9.96. The van der Waals surface area contributed by atoms with Crippen LogP contribution < -0.4 is 5.73 Å². The molecule has 0 heterocycles. The first-order valence-electron chi connectivity index (χ1n) is 5.59. The minimum absolute atomic E-state index is 0.393. The van der Waals surface area contributed by atoms with Crippen molar-refractivity contribution in [3.63, 3.8) is 0 Å². The van der Waals surface area contributed by atoms with Crippen molar-refractivity contribution in [2.45, 2.75) is 12.8 Å². The van der Waals surface area contributed by atoms with Crippen LogP contribution in [0.4, 0.5) is 0 Å². The zero-order valence-corrected chi connectivity index (χ0v) is 10.4. The smallest absolute Gasteiger partial charge is 0.248 e. The van der Waals surface area contributed by atoms with Gasteiger partial charge in [0, 0.05) is 19.8 Å². The van der Waals surface area contributed by atoms with Gasteiger partial charge in [-0.25, -0.2) is 0 Å². The third-order valence-electron chi connectivity index (χ3n) is 2.67. The summed E-state index contributed by atoms with van der Waals surface area (Å²) in [5, 5.41) is 0. The van der Waals surface area contributed by atoms with Crippen LogP contribution in [0.3, 0.4) is 0 Å². The van der Waals surface area contributed by atoms with Crippen molar-refractivity contribution in [3.8, 4) is 0 Å². The number of ether oxygens (including phenoxy) is 2. The summed E-state index contributed by atoms with van der Waals surface area (Å²) < 4.78 is 10.1. The summed E-state index contributed by atoms with van der Waals surface area (Å²) in [6.45, 7) is 1.20. The molecule has 2 N–H and O–H groups in total. The van der Waals surface area contributed by atoms with E-state index in [1.165, 1.54) is 0 Å². The number of methoxy groups -OCH3 is 2. The Morgan fingerprint density at radius 2 is 1.82 bits per heavy atom. The van der Waals surface area contributed by atoms with Gasteiger partial charge in [0.15, 0.2) is 0 Å². The maximum atomic E-state index is 11.4. The minimum Gasteiger partial charge on any atom is -0.384 e. The average molecular weight is 237 g/mol. The summed E-state index contributed by atoms with van der Waals surface area (Å²) in [5.74, 6) is -0.393.